The zero-order valence-electron chi connectivity index (χ0n) is 12.2. The second-order valence-electron chi connectivity index (χ2n) is 6.00. The lowest BCUT2D eigenvalue weighted by Crippen LogP contribution is -2.53. The monoisotopic (exact) mass is 284 g/mol. The zero-order valence-corrected chi connectivity index (χ0v) is 12.2. The molecule has 1 heterocycles. The van der Waals surface area contributed by atoms with Crippen LogP contribution in [0.1, 0.15) is 39.5 Å². The molecule has 0 unspecified atom stereocenters. The number of carboxylic acids is 1. The highest BCUT2D eigenvalue weighted by Gasteiger charge is 2.30. The van der Waals surface area contributed by atoms with Crippen LogP contribution in [0, 0.1) is 5.92 Å². The van der Waals surface area contributed by atoms with E-state index in [1.807, 2.05) is 13.8 Å². The molecule has 2 rings (SSSR count). The van der Waals surface area contributed by atoms with Gasteiger partial charge in [0.1, 0.15) is 0 Å². The third kappa shape index (κ3) is 3.85. The third-order valence-corrected chi connectivity index (χ3v) is 4.11. The summed E-state index contributed by atoms with van der Waals surface area (Å²) in [6, 6.07) is 0.0531. The SMILES string of the molecule is C[C@@H]1CN(C(=O)NC2CCC(C(=O)O)CC2)C[C@H](C)O1. The van der Waals surface area contributed by atoms with Gasteiger partial charge in [-0.3, -0.25) is 4.79 Å². The third-order valence-electron chi connectivity index (χ3n) is 4.11. The van der Waals surface area contributed by atoms with Gasteiger partial charge in [-0.25, -0.2) is 4.79 Å². The first kappa shape index (κ1) is 15.1. The molecule has 2 amide bonds. The van der Waals surface area contributed by atoms with E-state index in [0.29, 0.717) is 25.9 Å². The zero-order chi connectivity index (χ0) is 14.7. The van der Waals surface area contributed by atoms with Crippen LogP contribution in [0.4, 0.5) is 4.79 Å². The number of amides is 2. The number of hydrogen-bond donors (Lipinski definition) is 2. The number of carbonyl (C=O) groups excluding carboxylic acids is 1. The second-order valence-corrected chi connectivity index (χ2v) is 6.00. The molecule has 1 aliphatic heterocycles. The summed E-state index contributed by atoms with van der Waals surface area (Å²) >= 11 is 0. The Morgan fingerprint density at radius 3 is 2.15 bits per heavy atom. The Kier molecular flexibility index (Phi) is 4.86. The van der Waals surface area contributed by atoms with Crippen LogP contribution in [-0.2, 0) is 9.53 Å². The van der Waals surface area contributed by atoms with Crippen LogP contribution in [0.25, 0.3) is 0 Å². The smallest absolute Gasteiger partial charge is 0.317 e. The van der Waals surface area contributed by atoms with Crippen molar-refractivity contribution in [3.63, 3.8) is 0 Å². The van der Waals surface area contributed by atoms with Crippen LogP contribution in [0.5, 0.6) is 0 Å². The molecule has 1 aliphatic carbocycles. The summed E-state index contributed by atoms with van der Waals surface area (Å²) in [6.07, 6.45) is 2.92. The number of nitrogens with one attached hydrogen (secondary N) is 1. The number of nitrogens with zero attached hydrogens (tertiary/aromatic N) is 1. The van der Waals surface area contributed by atoms with E-state index in [2.05, 4.69) is 5.32 Å². The summed E-state index contributed by atoms with van der Waals surface area (Å²) in [5.74, 6) is -0.961. The van der Waals surface area contributed by atoms with Gasteiger partial charge in [0.25, 0.3) is 0 Å². The van der Waals surface area contributed by atoms with E-state index in [-0.39, 0.29) is 30.2 Å². The fourth-order valence-electron chi connectivity index (χ4n) is 3.09. The quantitative estimate of drug-likeness (QED) is 0.804. The van der Waals surface area contributed by atoms with E-state index in [4.69, 9.17) is 9.84 Å². The first-order chi connectivity index (χ1) is 9.45. The molecule has 2 aliphatic rings. The van der Waals surface area contributed by atoms with Crippen molar-refractivity contribution in [2.24, 2.45) is 5.92 Å². The standard InChI is InChI=1S/C14H24N2O4/c1-9-7-16(8-10(2)20-9)14(19)15-12-5-3-11(4-6-12)13(17)18/h9-12H,3-8H2,1-2H3,(H,15,19)(H,17,18)/t9-,10+,11?,12?. The Balaban J connectivity index is 1.79. The highest BCUT2D eigenvalue weighted by molar-refractivity contribution is 5.75. The van der Waals surface area contributed by atoms with Gasteiger partial charge < -0.3 is 20.1 Å². The van der Waals surface area contributed by atoms with E-state index in [1.165, 1.54) is 0 Å². The van der Waals surface area contributed by atoms with E-state index < -0.39 is 5.97 Å². The molecule has 114 valence electrons. The highest BCUT2D eigenvalue weighted by atomic mass is 16.5. The lowest BCUT2D eigenvalue weighted by atomic mass is 9.86. The van der Waals surface area contributed by atoms with Crippen LogP contribution in [0.15, 0.2) is 0 Å². The maximum Gasteiger partial charge on any atom is 0.317 e. The van der Waals surface area contributed by atoms with Crippen molar-refractivity contribution < 1.29 is 19.4 Å². The van der Waals surface area contributed by atoms with Crippen LogP contribution >= 0.6 is 0 Å². The average Bonchev–Trinajstić information content (AvgIpc) is 2.38. The number of aliphatic carboxylic acids is 1. The maximum absolute atomic E-state index is 12.2. The summed E-state index contributed by atoms with van der Waals surface area (Å²) in [4.78, 5) is 24.9. The molecule has 2 atom stereocenters. The molecule has 0 bridgehead atoms. The predicted octanol–water partition coefficient (Wildman–Crippen LogP) is 1.45. The van der Waals surface area contributed by atoms with Crippen LogP contribution in [0.3, 0.4) is 0 Å². The van der Waals surface area contributed by atoms with E-state index in [1.54, 1.807) is 4.90 Å². The van der Waals surface area contributed by atoms with Crippen molar-refractivity contribution in [2.75, 3.05) is 13.1 Å². The molecule has 0 aromatic carbocycles. The lowest BCUT2D eigenvalue weighted by Gasteiger charge is -2.37. The molecule has 20 heavy (non-hydrogen) atoms. The number of urea groups is 1. The Morgan fingerprint density at radius 2 is 1.65 bits per heavy atom. The first-order valence-electron chi connectivity index (χ1n) is 7.39. The molecule has 2 fully saturated rings. The number of carboxylic acid groups (broad SMARTS) is 1. The number of rotatable bonds is 2. The molecule has 0 spiro atoms. The van der Waals surface area contributed by atoms with Gasteiger partial charge in [-0.2, -0.15) is 0 Å². The molecule has 0 radical (unpaired) electrons. The highest BCUT2D eigenvalue weighted by Crippen LogP contribution is 2.24. The summed E-state index contributed by atoms with van der Waals surface area (Å²) in [7, 11) is 0. The average molecular weight is 284 g/mol. The summed E-state index contributed by atoms with van der Waals surface area (Å²) in [6.45, 7) is 5.16. The topological polar surface area (TPSA) is 78.9 Å². The number of ether oxygens (including phenoxy) is 1. The molecular formula is C14H24N2O4. The molecular weight excluding hydrogens is 260 g/mol. The minimum Gasteiger partial charge on any atom is -0.481 e. The molecule has 6 heteroatoms. The maximum atomic E-state index is 12.2. The van der Waals surface area contributed by atoms with Crippen molar-refractivity contribution in [1.29, 1.82) is 0 Å². The van der Waals surface area contributed by atoms with Crippen molar-refractivity contribution >= 4 is 12.0 Å². The summed E-state index contributed by atoms with van der Waals surface area (Å²) < 4.78 is 5.61. The van der Waals surface area contributed by atoms with Crippen molar-refractivity contribution in [3.05, 3.63) is 0 Å². The Labute approximate surface area is 119 Å². The van der Waals surface area contributed by atoms with E-state index >= 15 is 0 Å². The minimum atomic E-state index is -0.717. The Bertz CT molecular complexity index is 356. The largest absolute Gasteiger partial charge is 0.481 e. The molecule has 0 aromatic rings. The molecule has 2 N–H and O–H groups in total. The lowest BCUT2D eigenvalue weighted by molar-refractivity contribution is -0.142. The fraction of sp³-hybridized carbons (Fsp3) is 0.857. The molecule has 1 saturated heterocycles. The van der Waals surface area contributed by atoms with Crippen molar-refractivity contribution in [1.82, 2.24) is 10.2 Å². The van der Waals surface area contributed by atoms with Gasteiger partial charge in [0.15, 0.2) is 0 Å². The predicted molar refractivity (Wildman–Crippen MR) is 73.5 cm³/mol. The Hall–Kier alpha value is -1.30. The van der Waals surface area contributed by atoms with Gasteiger partial charge >= 0.3 is 12.0 Å². The second kappa shape index (κ2) is 6.43. The first-order valence-corrected chi connectivity index (χ1v) is 7.39. The van der Waals surface area contributed by atoms with Gasteiger partial charge in [-0.05, 0) is 39.5 Å². The van der Waals surface area contributed by atoms with Crippen molar-refractivity contribution in [3.8, 4) is 0 Å². The van der Waals surface area contributed by atoms with Crippen molar-refractivity contribution in [2.45, 2.75) is 57.8 Å². The summed E-state index contributed by atoms with van der Waals surface area (Å²) in [5, 5.41) is 12.0. The van der Waals surface area contributed by atoms with E-state index in [0.717, 1.165) is 12.8 Å². The van der Waals surface area contributed by atoms with Gasteiger partial charge in [0, 0.05) is 19.1 Å². The van der Waals surface area contributed by atoms with Crippen LogP contribution < -0.4 is 5.32 Å². The minimum absolute atomic E-state index is 0.0502. The normalized spacial score (nSPS) is 34.6. The fourth-order valence-corrected chi connectivity index (χ4v) is 3.09. The van der Waals surface area contributed by atoms with Crippen LogP contribution in [0.2, 0.25) is 0 Å². The van der Waals surface area contributed by atoms with Gasteiger partial charge in [-0.1, -0.05) is 0 Å². The van der Waals surface area contributed by atoms with Gasteiger partial charge in [0.2, 0.25) is 0 Å². The number of carbonyl (C=O) groups is 2. The van der Waals surface area contributed by atoms with Gasteiger partial charge in [-0.15, -0.1) is 0 Å². The van der Waals surface area contributed by atoms with Gasteiger partial charge in [0.05, 0.1) is 18.1 Å². The van der Waals surface area contributed by atoms with Crippen LogP contribution in [-0.4, -0.2) is 53.3 Å². The molecule has 0 aromatic heterocycles. The molecule has 6 nitrogen and oxygen atoms in total. The number of hydrogen-bond acceptors (Lipinski definition) is 3. The Morgan fingerprint density at radius 1 is 1.10 bits per heavy atom. The summed E-state index contributed by atoms with van der Waals surface area (Å²) in [5.41, 5.74) is 0. The molecule has 1 saturated carbocycles. The number of morpholine rings is 1. The van der Waals surface area contributed by atoms with E-state index in [9.17, 15) is 9.59 Å².